The van der Waals surface area contributed by atoms with Crippen LogP contribution in [0, 0.1) is 5.92 Å². The summed E-state index contributed by atoms with van der Waals surface area (Å²) in [6.45, 7) is 5.83. The van der Waals surface area contributed by atoms with Crippen LogP contribution in [0.2, 0.25) is 0 Å². The third-order valence-electron chi connectivity index (χ3n) is 4.67. The van der Waals surface area contributed by atoms with Gasteiger partial charge in [-0.3, -0.25) is 9.59 Å². The topological polar surface area (TPSA) is 86.8 Å². The van der Waals surface area contributed by atoms with Gasteiger partial charge in [0.05, 0.1) is 12.2 Å². The van der Waals surface area contributed by atoms with Gasteiger partial charge < -0.3 is 10.2 Å². The van der Waals surface area contributed by atoms with Crippen LogP contribution in [-0.2, 0) is 14.8 Å². The second-order valence-corrected chi connectivity index (χ2v) is 8.49. The average Bonchev–Trinajstić information content (AvgIpc) is 2.62. The molecule has 8 heteroatoms. The summed E-state index contributed by atoms with van der Waals surface area (Å²) in [7, 11) is -3.28. The summed E-state index contributed by atoms with van der Waals surface area (Å²) in [6.07, 6.45) is 2.50. The van der Waals surface area contributed by atoms with Crippen LogP contribution in [0.25, 0.3) is 0 Å². The van der Waals surface area contributed by atoms with E-state index in [-0.39, 0.29) is 24.3 Å². The van der Waals surface area contributed by atoms with Gasteiger partial charge in [0.1, 0.15) is 0 Å². The Balaban J connectivity index is 2.00. The molecule has 2 amide bonds. The van der Waals surface area contributed by atoms with Crippen LogP contribution in [0.3, 0.4) is 0 Å². The monoisotopic (exact) mass is 381 g/mol. The molecule has 1 aliphatic rings. The van der Waals surface area contributed by atoms with Gasteiger partial charge in [0.2, 0.25) is 15.9 Å². The van der Waals surface area contributed by atoms with Gasteiger partial charge in [0.25, 0.3) is 5.91 Å². The second kappa shape index (κ2) is 8.64. The molecule has 0 aromatic heterocycles. The molecule has 1 saturated heterocycles. The number of carbonyl (C=O) groups is 2. The first-order chi connectivity index (χ1) is 12.3. The zero-order chi connectivity index (χ0) is 19.3. The van der Waals surface area contributed by atoms with Crippen LogP contribution < -0.4 is 5.32 Å². The molecule has 1 unspecified atom stereocenters. The zero-order valence-electron chi connectivity index (χ0n) is 15.6. The van der Waals surface area contributed by atoms with Crippen LogP contribution >= 0.6 is 0 Å². The molecular formula is C18H27N3O4S. The SMILES string of the molecule is CCN(CC)C(=O)c1ccc(NC(=O)C2CCCN(S(C)(=O)=O)C2)cc1. The Morgan fingerprint density at radius 3 is 2.35 bits per heavy atom. The standard InChI is InChI=1S/C18H27N3O4S/c1-4-20(5-2)18(23)14-8-10-16(11-9-14)19-17(22)15-7-6-12-21(13-15)26(3,24)25/h8-11,15H,4-7,12-13H2,1-3H3,(H,19,22). The van der Waals surface area contributed by atoms with E-state index in [0.717, 1.165) is 0 Å². The van der Waals surface area contributed by atoms with Gasteiger partial charge in [-0.05, 0) is 51.0 Å². The lowest BCUT2D eigenvalue weighted by molar-refractivity contribution is -0.120. The summed E-state index contributed by atoms with van der Waals surface area (Å²) in [5, 5.41) is 2.82. The third-order valence-corrected chi connectivity index (χ3v) is 5.94. The van der Waals surface area contributed by atoms with Crippen molar-refractivity contribution < 1.29 is 18.0 Å². The number of hydrogen-bond donors (Lipinski definition) is 1. The van der Waals surface area contributed by atoms with Crippen LogP contribution in [0.1, 0.15) is 37.0 Å². The van der Waals surface area contributed by atoms with Crippen molar-refractivity contribution in [1.29, 1.82) is 0 Å². The Labute approximate surface area is 155 Å². The maximum Gasteiger partial charge on any atom is 0.253 e. The van der Waals surface area contributed by atoms with E-state index in [1.54, 1.807) is 29.2 Å². The molecule has 26 heavy (non-hydrogen) atoms. The lowest BCUT2D eigenvalue weighted by atomic mass is 9.98. The van der Waals surface area contributed by atoms with Crippen LogP contribution in [0.4, 0.5) is 5.69 Å². The molecule has 1 aliphatic heterocycles. The number of anilines is 1. The number of carbonyl (C=O) groups excluding carboxylic acids is 2. The van der Waals surface area contributed by atoms with Crippen molar-refractivity contribution >= 4 is 27.5 Å². The molecule has 0 saturated carbocycles. The van der Waals surface area contributed by atoms with Gasteiger partial charge in [-0.15, -0.1) is 0 Å². The van der Waals surface area contributed by atoms with E-state index in [0.29, 0.717) is 43.7 Å². The molecule has 0 spiro atoms. The van der Waals surface area contributed by atoms with Gasteiger partial charge >= 0.3 is 0 Å². The van der Waals surface area contributed by atoms with E-state index in [4.69, 9.17) is 0 Å². The molecule has 0 radical (unpaired) electrons. The Morgan fingerprint density at radius 1 is 1.19 bits per heavy atom. The van der Waals surface area contributed by atoms with Crippen molar-refractivity contribution in [3.63, 3.8) is 0 Å². The highest BCUT2D eigenvalue weighted by Crippen LogP contribution is 2.21. The van der Waals surface area contributed by atoms with E-state index in [9.17, 15) is 18.0 Å². The molecule has 2 rings (SSSR count). The molecule has 0 bridgehead atoms. The molecule has 7 nitrogen and oxygen atoms in total. The van der Waals surface area contributed by atoms with Crippen molar-refractivity contribution in [3.8, 4) is 0 Å². The first-order valence-corrected chi connectivity index (χ1v) is 10.8. The highest BCUT2D eigenvalue weighted by Gasteiger charge is 2.30. The minimum Gasteiger partial charge on any atom is -0.339 e. The van der Waals surface area contributed by atoms with Crippen molar-refractivity contribution in [1.82, 2.24) is 9.21 Å². The van der Waals surface area contributed by atoms with E-state index in [1.165, 1.54) is 10.6 Å². The molecule has 1 aromatic rings. The lowest BCUT2D eigenvalue weighted by Crippen LogP contribution is -2.43. The zero-order valence-corrected chi connectivity index (χ0v) is 16.4. The van der Waals surface area contributed by atoms with Crippen molar-refractivity contribution in [3.05, 3.63) is 29.8 Å². The number of nitrogens with zero attached hydrogens (tertiary/aromatic N) is 2. The molecule has 1 aromatic carbocycles. The number of nitrogens with one attached hydrogen (secondary N) is 1. The summed E-state index contributed by atoms with van der Waals surface area (Å²) in [5.74, 6) is -0.597. The first-order valence-electron chi connectivity index (χ1n) is 8.91. The summed E-state index contributed by atoms with van der Waals surface area (Å²) in [4.78, 5) is 26.5. The molecule has 1 atom stereocenters. The average molecular weight is 381 g/mol. The van der Waals surface area contributed by atoms with Crippen molar-refractivity contribution in [2.45, 2.75) is 26.7 Å². The van der Waals surface area contributed by atoms with Gasteiger partial charge in [-0.25, -0.2) is 12.7 Å². The van der Waals surface area contributed by atoms with Gasteiger partial charge in [0.15, 0.2) is 0 Å². The van der Waals surface area contributed by atoms with Gasteiger partial charge in [-0.2, -0.15) is 0 Å². The van der Waals surface area contributed by atoms with Crippen molar-refractivity contribution in [2.75, 3.05) is 37.8 Å². The van der Waals surface area contributed by atoms with E-state index >= 15 is 0 Å². The Morgan fingerprint density at radius 2 is 1.81 bits per heavy atom. The number of amides is 2. The van der Waals surface area contributed by atoms with Crippen molar-refractivity contribution in [2.24, 2.45) is 5.92 Å². The van der Waals surface area contributed by atoms with Gasteiger partial charge in [0, 0.05) is 37.4 Å². The number of sulfonamides is 1. The number of rotatable bonds is 6. The summed E-state index contributed by atoms with van der Waals surface area (Å²) >= 11 is 0. The van der Waals surface area contributed by atoms with Gasteiger partial charge in [-0.1, -0.05) is 0 Å². The first kappa shape index (κ1) is 20.4. The second-order valence-electron chi connectivity index (χ2n) is 6.50. The largest absolute Gasteiger partial charge is 0.339 e. The fourth-order valence-corrected chi connectivity index (χ4v) is 4.00. The number of piperidine rings is 1. The fourth-order valence-electron chi connectivity index (χ4n) is 3.09. The summed E-state index contributed by atoms with van der Waals surface area (Å²) < 4.78 is 24.7. The number of benzene rings is 1. The minimum absolute atomic E-state index is 0.0380. The normalized spacial score (nSPS) is 18.3. The maximum absolute atomic E-state index is 12.5. The Hall–Kier alpha value is -1.93. The summed E-state index contributed by atoms with van der Waals surface area (Å²) in [6, 6.07) is 6.79. The summed E-state index contributed by atoms with van der Waals surface area (Å²) in [5.41, 5.74) is 1.18. The predicted molar refractivity (Wildman–Crippen MR) is 101 cm³/mol. The molecule has 1 N–H and O–H groups in total. The molecular weight excluding hydrogens is 354 g/mol. The maximum atomic E-state index is 12.5. The predicted octanol–water partition coefficient (Wildman–Crippen LogP) is 1.78. The molecule has 1 fully saturated rings. The van der Waals surface area contributed by atoms with E-state index < -0.39 is 10.0 Å². The quantitative estimate of drug-likeness (QED) is 0.814. The highest BCUT2D eigenvalue weighted by molar-refractivity contribution is 7.88. The third kappa shape index (κ3) is 5.04. The van der Waals surface area contributed by atoms with Crippen LogP contribution in [0.5, 0.6) is 0 Å². The fraction of sp³-hybridized carbons (Fsp3) is 0.556. The molecule has 144 valence electrons. The Bertz CT molecular complexity index is 742. The van der Waals surface area contributed by atoms with E-state index in [2.05, 4.69) is 5.32 Å². The molecule has 0 aliphatic carbocycles. The Kier molecular flexibility index (Phi) is 6.77. The smallest absolute Gasteiger partial charge is 0.253 e. The highest BCUT2D eigenvalue weighted by atomic mass is 32.2. The lowest BCUT2D eigenvalue weighted by Gasteiger charge is -2.30. The van der Waals surface area contributed by atoms with E-state index in [1.807, 2.05) is 13.8 Å². The number of hydrogen-bond acceptors (Lipinski definition) is 4. The minimum atomic E-state index is -3.28. The van der Waals surface area contributed by atoms with Crippen LogP contribution in [0.15, 0.2) is 24.3 Å². The molecule has 1 heterocycles. The van der Waals surface area contributed by atoms with Crippen LogP contribution in [-0.4, -0.2) is 61.9 Å².